The van der Waals surface area contributed by atoms with Crippen molar-refractivity contribution >= 4 is 35.3 Å². The van der Waals surface area contributed by atoms with Gasteiger partial charge in [-0.25, -0.2) is 0 Å². The van der Waals surface area contributed by atoms with E-state index >= 15 is 0 Å². The van der Waals surface area contributed by atoms with Crippen LogP contribution in [0.1, 0.15) is 5.56 Å². The van der Waals surface area contributed by atoms with E-state index < -0.39 is 7.12 Å². The van der Waals surface area contributed by atoms with Gasteiger partial charge in [-0.2, -0.15) is 10.2 Å². The molecule has 7 heteroatoms. The second kappa shape index (κ2) is 9.36. The van der Waals surface area contributed by atoms with Crippen molar-refractivity contribution in [2.45, 2.75) is 6.54 Å². The smallest absolute Gasteiger partial charge is 0.423 e. The maximum atomic E-state index is 9.53. The molecular weight excluding hydrogens is 363 g/mol. The Morgan fingerprint density at radius 1 is 0.724 bits per heavy atom. The number of benzene rings is 3. The van der Waals surface area contributed by atoms with Gasteiger partial charge in [-0.15, -0.1) is 0 Å². The standard InChI is InChI=1S/C22H25BN4O2/c1-26(2)20-12-8-18(9-13-20)24-25-19-10-14-21(15-11-19)27(3)16-17-6-4-5-7-22(17)23(28)29/h4-15,28-29H,16H2,1-3H3. The van der Waals surface area contributed by atoms with E-state index in [0.29, 0.717) is 12.0 Å². The van der Waals surface area contributed by atoms with Crippen molar-refractivity contribution in [1.82, 2.24) is 0 Å². The number of rotatable bonds is 7. The first kappa shape index (κ1) is 20.6. The first-order valence-electron chi connectivity index (χ1n) is 9.38. The third kappa shape index (κ3) is 5.43. The van der Waals surface area contributed by atoms with Crippen LogP contribution in [-0.4, -0.2) is 38.3 Å². The van der Waals surface area contributed by atoms with Crippen LogP contribution in [0.15, 0.2) is 83.0 Å². The zero-order valence-corrected chi connectivity index (χ0v) is 16.9. The largest absolute Gasteiger partial charge is 0.488 e. The van der Waals surface area contributed by atoms with Gasteiger partial charge in [0, 0.05) is 39.1 Å². The van der Waals surface area contributed by atoms with Gasteiger partial charge in [-0.05, 0) is 59.6 Å². The molecule has 0 heterocycles. The quantitative estimate of drug-likeness (QED) is 0.480. The maximum absolute atomic E-state index is 9.53. The average molecular weight is 388 g/mol. The van der Waals surface area contributed by atoms with Gasteiger partial charge in [0.15, 0.2) is 0 Å². The Morgan fingerprint density at radius 3 is 1.76 bits per heavy atom. The molecule has 3 rings (SSSR count). The van der Waals surface area contributed by atoms with Gasteiger partial charge in [0.1, 0.15) is 0 Å². The summed E-state index contributed by atoms with van der Waals surface area (Å²) in [4.78, 5) is 4.08. The van der Waals surface area contributed by atoms with Gasteiger partial charge in [0.25, 0.3) is 0 Å². The minimum absolute atomic E-state index is 0.519. The number of hydrogen-bond donors (Lipinski definition) is 2. The number of anilines is 2. The highest BCUT2D eigenvalue weighted by molar-refractivity contribution is 6.59. The fourth-order valence-electron chi connectivity index (χ4n) is 2.98. The first-order valence-corrected chi connectivity index (χ1v) is 9.38. The summed E-state index contributed by atoms with van der Waals surface area (Å²) in [6.45, 7) is 0.562. The van der Waals surface area contributed by atoms with Crippen molar-refractivity contribution in [1.29, 1.82) is 0 Å². The summed E-state index contributed by atoms with van der Waals surface area (Å²) in [6.07, 6.45) is 0. The van der Waals surface area contributed by atoms with Gasteiger partial charge in [-0.3, -0.25) is 0 Å². The molecule has 3 aromatic rings. The molecular formula is C22H25BN4O2. The van der Waals surface area contributed by atoms with Crippen LogP contribution in [0.4, 0.5) is 22.7 Å². The number of nitrogens with zero attached hydrogens (tertiary/aromatic N) is 4. The van der Waals surface area contributed by atoms with Gasteiger partial charge < -0.3 is 19.8 Å². The summed E-state index contributed by atoms with van der Waals surface area (Å²) >= 11 is 0. The molecule has 0 aliphatic rings. The molecule has 0 bridgehead atoms. The van der Waals surface area contributed by atoms with Gasteiger partial charge in [-0.1, -0.05) is 24.3 Å². The molecule has 148 valence electrons. The lowest BCUT2D eigenvalue weighted by molar-refractivity contribution is 0.425. The Kier molecular flexibility index (Phi) is 6.64. The Bertz CT molecular complexity index is 957. The summed E-state index contributed by atoms with van der Waals surface area (Å²) in [7, 11) is 4.48. The summed E-state index contributed by atoms with van der Waals surface area (Å²) in [6, 6.07) is 23.0. The summed E-state index contributed by atoms with van der Waals surface area (Å²) in [5.74, 6) is 0. The Balaban J connectivity index is 1.66. The zero-order valence-electron chi connectivity index (χ0n) is 16.9. The third-order valence-corrected chi connectivity index (χ3v) is 4.68. The van der Waals surface area contributed by atoms with Crippen LogP contribution in [0, 0.1) is 0 Å². The maximum Gasteiger partial charge on any atom is 0.488 e. The van der Waals surface area contributed by atoms with Crippen LogP contribution in [0.3, 0.4) is 0 Å². The van der Waals surface area contributed by atoms with Gasteiger partial charge in [0.2, 0.25) is 0 Å². The highest BCUT2D eigenvalue weighted by Crippen LogP contribution is 2.24. The van der Waals surface area contributed by atoms with E-state index in [9.17, 15) is 10.0 Å². The molecule has 2 N–H and O–H groups in total. The van der Waals surface area contributed by atoms with E-state index in [1.165, 1.54) is 0 Å². The molecule has 0 aromatic heterocycles. The van der Waals surface area contributed by atoms with E-state index in [2.05, 4.69) is 10.2 Å². The molecule has 0 atom stereocenters. The van der Waals surface area contributed by atoms with Crippen molar-refractivity contribution in [3.05, 3.63) is 78.4 Å². The lowest BCUT2D eigenvalue weighted by atomic mass is 9.77. The third-order valence-electron chi connectivity index (χ3n) is 4.68. The molecule has 0 aliphatic heterocycles. The minimum Gasteiger partial charge on any atom is -0.423 e. The molecule has 0 amide bonds. The minimum atomic E-state index is -1.48. The lowest BCUT2D eigenvalue weighted by Crippen LogP contribution is -2.35. The number of azo groups is 1. The van der Waals surface area contributed by atoms with Crippen molar-refractivity contribution < 1.29 is 10.0 Å². The van der Waals surface area contributed by atoms with Crippen LogP contribution < -0.4 is 15.3 Å². The van der Waals surface area contributed by atoms with Crippen LogP contribution >= 0.6 is 0 Å². The highest BCUT2D eigenvalue weighted by atomic mass is 16.4. The lowest BCUT2D eigenvalue weighted by Gasteiger charge is -2.21. The fourth-order valence-corrected chi connectivity index (χ4v) is 2.98. The monoisotopic (exact) mass is 388 g/mol. The normalized spacial score (nSPS) is 10.9. The zero-order chi connectivity index (χ0) is 20.8. The Hall–Kier alpha value is -3.16. The van der Waals surface area contributed by atoms with E-state index in [0.717, 1.165) is 28.3 Å². The highest BCUT2D eigenvalue weighted by Gasteiger charge is 2.16. The molecule has 29 heavy (non-hydrogen) atoms. The molecule has 0 saturated carbocycles. The predicted octanol–water partition coefficient (Wildman–Crippen LogP) is 3.48. The van der Waals surface area contributed by atoms with E-state index in [-0.39, 0.29) is 0 Å². The molecule has 0 aliphatic carbocycles. The fraction of sp³-hybridized carbons (Fsp3) is 0.182. The Labute approximate surface area is 171 Å². The molecule has 0 fully saturated rings. The topological polar surface area (TPSA) is 71.7 Å². The van der Waals surface area contributed by atoms with Crippen molar-refractivity contribution in [3.63, 3.8) is 0 Å². The summed E-state index contributed by atoms with van der Waals surface area (Å²) in [5.41, 5.74) is 5.08. The summed E-state index contributed by atoms with van der Waals surface area (Å²) < 4.78 is 0. The first-order chi connectivity index (χ1) is 13.9. The van der Waals surface area contributed by atoms with E-state index in [1.54, 1.807) is 12.1 Å². The van der Waals surface area contributed by atoms with Crippen molar-refractivity contribution in [2.75, 3.05) is 30.9 Å². The second-order valence-electron chi connectivity index (χ2n) is 7.06. The molecule has 3 aromatic carbocycles. The molecule has 0 saturated heterocycles. The van der Waals surface area contributed by atoms with E-state index in [1.807, 2.05) is 91.6 Å². The van der Waals surface area contributed by atoms with Crippen LogP contribution in [0.2, 0.25) is 0 Å². The van der Waals surface area contributed by atoms with Crippen LogP contribution in [0.5, 0.6) is 0 Å². The molecule has 0 radical (unpaired) electrons. The van der Waals surface area contributed by atoms with Crippen LogP contribution in [0.25, 0.3) is 0 Å². The second-order valence-corrected chi connectivity index (χ2v) is 7.06. The molecule has 6 nitrogen and oxygen atoms in total. The van der Waals surface area contributed by atoms with Crippen LogP contribution in [-0.2, 0) is 6.54 Å². The van der Waals surface area contributed by atoms with Crippen molar-refractivity contribution in [2.24, 2.45) is 10.2 Å². The predicted molar refractivity (Wildman–Crippen MR) is 120 cm³/mol. The van der Waals surface area contributed by atoms with Crippen molar-refractivity contribution in [3.8, 4) is 0 Å². The summed E-state index contributed by atoms with van der Waals surface area (Å²) in [5, 5.41) is 27.6. The molecule has 0 unspecified atom stereocenters. The Morgan fingerprint density at radius 2 is 1.24 bits per heavy atom. The number of hydrogen-bond acceptors (Lipinski definition) is 6. The SMILES string of the molecule is CN(C)c1ccc(N=Nc2ccc(N(C)Cc3ccccc3B(O)O)cc2)cc1. The molecule has 0 spiro atoms. The van der Waals surface area contributed by atoms with E-state index in [4.69, 9.17) is 0 Å². The van der Waals surface area contributed by atoms with Gasteiger partial charge >= 0.3 is 7.12 Å². The van der Waals surface area contributed by atoms with Gasteiger partial charge in [0.05, 0.1) is 11.4 Å². The average Bonchev–Trinajstić information content (AvgIpc) is 2.73.